The van der Waals surface area contributed by atoms with Crippen LogP contribution < -0.4 is 0 Å². The van der Waals surface area contributed by atoms with Crippen LogP contribution in [0.5, 0.6) is 0 Å². The van der Waals surface area contributed by atoms with Gasteiger partial charge < -0.3 is 0 Å². The van der Waals surface area contributed by atoms with E-state index in [2.05, 4.69) is 7.94 Å². The highest BCUT2D eigenvalue weighted by atomic mass is 32.2. The van der Waals surface area contributed by atoms with Gasteiger partial charge in [-0.2, -0.15) is 0 Å². The van der Waals surface area contributed by atoms with Gasteiger partial charge in [0.05, 0.1) is 0 Å². The average molecular weight is 166 g/mol. The van der Waals surface area contributed by atoms with E-state index >= 15 is 0 Å². The van der Waals surface area contributed by atoms with Crippen LogP contribution in [-0.4, -0.2) is 0 Å². The topological polar surface area (TPSA) is 35.5 Å². The molecule has 1 heterocycles. The van der Waals surface area contributed by atoms with Crippen LogP contribution >= 0.6 is 19.9 Å². The second-order valence-corrected chi connectivity index (χ2v) is 4.63. The van der Waals surface area contributed by atoms with E-state index in [1.165, 1.54) is 5.82 Å². The second-order valence-electron chi connectivity index (χ2n) is 1.96. The fourth-order valence-corrected chi connectivity index (χ4v) is 2.15. The molecule has 0 amide bonds. The van der Waals surface area contributed by atoms with Crippen molar-refractivity contribution < 1.29 is 12.5 Å². The van der Waals surface area contributed by atoms with E-state index in [1.54, 1.807) is 0 Å². The van der Waals surface area contributed by atoms with Crippen LogP contribution in [0.15, 0.2) is 11.4 Å². The van der Waals surface area contributed by atoms with Crippen LogP contribution in [0.25, 0.3) is 0 Å². The van der Waals surface area contributed by atoms with Gasteiger partial charge in [0.2, 0.25) is 0 Å². The monoisotopic (exact) mass is 166 g/mol. The first-order valence-corrected chi connectivity index (χ1v) is 4.71. The fourth-order valence-electron chi connectivity index (χ4n) is 0.450. The van der Waals surface area contributed by atoms with E-state index in [4.69, 9.17) is 0 Å². The average Bonchev–Trinajstić information content (AvgIpc) is 1.60. The Morgan fingerprint density at radius 3 is 2.22 bits per heavy atom. The molecule has 1 aliphatic rings. The highest BCUT2D eigenvalue weighted by Crippen LogP contribution is 2.66. The Bertz CT molecular complexity index is 176. The highest BCUT2D eigenvalue weighted by molar-refractivity contribution is 8.04. The largest absolute Gasteiger partial charge is 0.379 e. The van der Waals surface area contributed by atoms with Gasteiger partial charge in [-0.1, -0.05) is 5.57 Å². The third-order valence-corrected chi connectivity index (χ3v) is 3.67. The summed E-state index contributed by atoms with van der Waals surface area (Å²) >= 11 is 0.778. The zero-order valence-electron chi connectivity index (χ0n) is 5.16. The summed E-state index contributed by atoms with van der Waals surface area (Å²) in [6, 6.07) is 0. The fraction of sp³-hybridized carbons (Fsp3) is 0.500. The molecule has 0 radical (unpaired) electrons. The lowest BCUT2D eigenvalue weighted by Crippen LogP contribution is -1.91. The van der Waals surface area contributed by atoms with Gasteiger partial charge in [0.1, 0.15) is 0 Å². The minimum atomic E-state index is -2.75. The Morgan fingerprint density at radius 2 is 2.11 bits per heavy atom. The molecule has 52 valence electrons. The minimum Gasteiger partial charge on any atom is -0.253 e. The van der Waals surface area contributed by atoms with Gasteiger partial charge in [-0.3, -0.25) is 4.57 Å². The van der Waals surface area contributed by atoms with Gasteiger partial charge in [0.15, 0.2) is 12.3 Å². The molecule has 0 N–H and O–H groups in total. The normalized spacial score (nSPS) is 22.4. The summed E-state index contributed by atoms with van der Waals surface area (Å²) < 4.78 is 20.1. The van der Waals surface area contributed by atoms with Crippen molar-refractivity contribution in [2.24, 2.45) is 0 Å². The zero-order valence-corrected chi connectivity index (χ0v) is 6.87. The molecule has 3 nitrogen and oxygen atoms in total. The first-order chi connectivity index (χ1) is 4.12. The molecule has 0 aromatic heterocycles. The van der Waals surface area contributed by atoms with E-state index in [1.807, 2.05) is 13.8 Å². The van der Waals surface area contributed by atoms with Crippen molar-refractivity contribution in [2.75, 3.05) is 0 Å². The number of hydrogen-bond acceptors (Lipinski definition) is 4. The molecule has 0 aromatic carbocycles. The minimum absolute atomic E-state index is 0.778. The first kappa shape index (κ1) is 7.35. The molecular formula is C4H7O3PS. The summed E-state index contributed by atoms with van der Waals surface area (Å²) in [6.45, 7) is 3.69. The predicted molar refractivity (Wildman–Crippen MR) is 36.8 cm³/mol. The highest BCUT2D eigenvalue weighted by Gasteiger charge is 2.33. The third-order valence-electron chi connectivity index (χ3n) is 0.685. The third kappa shape index (κ3) is 1.83. The molecule has 1 fully saturated rings. The van der Waals surface area contributed by atoms with Gasteiger partial charge in [-0.15, -0.1) is 0 Å². The Labute approximate surface area is 58.4 Å². The van der Waals surface area contributed by atoms with Gasteiger partial charge in [-0.05, 0) is 13.8 Å². The lowest BCUT2D eigenvalue weighted by Gasteiger charge is -2.19. The van der Waals surface area contributed by atoms with E-state index < -0.39 is 7.60 Å². The Kier molecular flexibility index (Phi) is 2.01. The van der Waals surface area contributed by atoms with Gasteiger partial charge in [0.25, 0.3) is 0 Å². The molecular weight excluding hydrogens is 159 g/mol. The van der Waals surface area contributed by atoms with Crippen molar-refractivity contribution >= 4 is 19.9 Å². The molecule has 9 heavy (non-hydrogen) atoms. The van der Waals surface area contributed by atoms with Crippen LogP contribution in [0.4, 0.5) is 0 Å². The van der Waals surface area contributed by atoms with Crippen molar-refractivity contribution in [1.82, 2.24) is 0 Å². The Morgan fingerprint density at radius 1 is 1.56 bits per heavy atom. The maximum atomic E-state index is 10.9. The molecule has 0 aliphatic carbocycles. The van der Waals surface area contributed by atoms with Crippen LogP contribution in [-0.2, 0) is 12.5 Å². The maximum absolute atomic E-state index is 10.9. The number of rotatable bonds is 1. The first-order valence-electron chi connectivity index (χ1n) is 2.43. The lowest BCUT2D eigenvalue weighted by atomic mass is 10.4. The summed E-state index contributed by atoms with van der Waals surface area (Å²) in [5.74, 6) is 1.50. The van der Waals surface area contributed by atoms with Crippen LogP contribution in [0.3, 0.4) is 0 Å². The molecule has 0 saturated carbocycles. The molecule has 5 heteroatoms. The summed E-state index contributed by atoms with van der Waals surface area (Å²) in [5.41, 5.74) is 0.943. The molecule has 1 rings (SSSR count). The van der Waals surface area contributed by atoms with Gasteiger partial charge >= 0.3 is 7.60 Å². The Hall–Kier alpha value is 0.240. The quantitative estimate of drug-likeness (QED) is 0.443. The van der Waals surface area contributed by atoms with Crippen molar-refractivity contribution in [3.63, 3.8) is 0 Å². The summed E-state index contributed by atoms with van der Waals surface area (Å²) in [4.78, 5) is 0. The molecule has 0 atom stereocenters. The molecule has 1 saturated heterocycles. The van der Waals surface area contributed by atoms with E-state index in [0.29, 0.717) is 0 Å². The van der Waals surface area contributed by atoms with E-state index in [-0.39, 0.29) is 0 Å². The number of hydrogen-bond donors (Lipinski definition) is 0. The molecule has 0 unspecified atom stereocenters. The van der Waals surface area contributed by atoms with Crippen LogP contribution in [0, 0.1) is 0 Å². The molecule has 1 aliphatic heterocycles. The lowest BCUT2D eigenvalue weighted by molar-refractivity contribution is 0.376. The van der Waals surface area contributed by atoms with E-state index in [9.17, 15) is 4.57 Å². The van der Waals surface area contributed by atoms with Gasteiger partial charge in [-0.25, -0.2) is 7.94 Å². The van der Waals surface area contributed by atoms with Crippen molar-refractivity contribution in [3.05, 3.63) is 11.4 Å². The van der Waals surface area contributed by atoms with Crippen LogP contribution in [0.1, 0.15) is 13.8 Å². The van der Waals surface area contributed by atoms with Crippen molar-refractivity contribution in [3.8, 4) is 0 Å². The SMILES string of the molecule is CC(C)=CP1(=O)OSO1. The smallest absolute Gasteiger partial charge is 0.253 e. The van der Waals surface area contributed by atoms with Crippen molar-refractivity contribution in [1.29, 1.82) is 0 Å². The standard InChI is InChI=1S/C4H7O3PS/c1-4(2)3-8(5)6-9-7-8/h3H,1-2H3. The summed E-state index contributed by atoms with van der Waals surface area (Å²) in [5, 5.41) is 0. The summed E-state index contributed by atoms with van der Waals surface area (Å²) in [6.07, 6.45) is 0. The second kappa shape index (κ2) is 2.46. The number of allylic oxidation sites excluding steroid dienone is 1. The molecule has 0 spiro atoms. The summed E-state index contributed by atoms with van der Waals surface area (Å²) in [7, 11) is -2.75. The van der Waals surface area contributed by atoms with Crippen LogP contribution in [0.2, 0.25) is 0 Å². The molecule has 0 aromatic rings. The van der Waals surface area contributed by atoms with Gasteiger partial charge in [0, 0.05) is 5.82 Å². The molecule has 0 bridgehead atoms. The Balaban J connectivity index is 2.62. The van der Waals surface area contributed by atoms with E-state index in [0.717, 1.165) is 17.9 Å². The van der Waals surface area contributed by atoms with Crippen molar-refractivity contribution in [2.45, 2.75) is 13.8 Å². The zero-order chi connectivity index (χ0) is 6.91. The maximum Gasteiger partial charge on any atom is 0.379 e. The predicted octanol–water partition coefficient (Wildman–Crippen LogP) is 2.71.